The Bertz CT molecular complexity index is 1240. The number of dihydropyridines is 1. The molecular formula is C26H26F2N2O4. The zero-order chi connectivity index (χ0) is 24.8. The van der Waals surface area contributed by atoms with Gasteiger partial charge in [-0.1, -0.05) is 26.0 Å². The molecule has 0 fully saturated rings. The van der Waals surface area contributed by atoms with Crippen molar-refractivity contribution in [2.75, 3.05) is 12.4 Å². The van der Waals surface area contributed by atoms with Gasteiger partial charge in [-0.2, -0.15) is 0 Å². The monoisotopic (exact) mass is 468 g/mol. The summed E-state index contributed by atoms with van der Waals surface area (Å²) in [4.78, 5) is 26.8. The summed E-state index contributed by atoms with van der Waals surface area (Å²) in [6, 6.07) is 7.90. The smallest absolute Gasteiger partial charge is 0.254 e. The van der Waals surface area contributed by atoms with Crippen LogP contribution in [0.5, 0.6) is 11.5 Å². The number of Topliss-reactive ketones (excluding diaryl/α,β-unsaturated/α-hetero) is 1. The Kier molecular flexibility index (Phi) is 5.93. The molecule has 34 heavy (non-hydrogen) atoms. The van der Waals surface area contributed by atoms with Gasteiger partial charge in [0.05, 0.1) is 7.11 Å². The number of amides is 1. The number of phenolic OH excluding ortho intramolecular Hbond substituents is 1. The molecule has 0 saturated heterocycles. The van der Waals surface area contributed by atoms with E-state index in [1.54, 1.807) is 19.1 Å². The maximum atomic E-state index is 14.3. The minimum absolute atomic E-state index is 0.0920. The van der Waals surface area contributed by atoms with E-state index in [1.807, 2.05) is 13.8 Å². The summed E-state index contributed by atoms with van der Waals surface area (Å²) in [6.07, 6.45) is 0.878. The molecule has 178 valence electrons. The van der Waals surface area contributed by atoms with Gasteiger partial charge in [0.25, 0.3) is 5.91 Å². The molecule has 3 N–H and O–H groups in total. The number of carbonyl (C=O) groups is 2. The van der Waals surface area contributed by atoms with E-state index in [9.17, 15) is 23.5 Å². The fourth-order valence-electron chi connectivity index (χ4n) is 4.74. The van der Waals surface area contributed by atoms with Crippen molar-refractivity contribution in [2.24, 2.45) is 5.41 Å². The zero-order valence-electron chi connectivity index (χ0n) is 19.4. The van der Waals surface area contributed by atoms with E-state index < -0.39 is 29.1 Å². The Balaban J connectivity index is 1.86. The topological polar surface area (TPSA) is 87.7 Å². The third kappa shape index (κ3) is 4.16. The number of nitrogens with one attached hydrogen (secondary N) is 2. The van der Waals surface area contributed by atoms with Gasteiger partial charge < -0.3 is 20.5 Å². The van der Waals surface area contributed by atoms with Crippen molar-refractivity contribution in [3.05, 3.63) is 76.1 Å². The fourth-order valence-corrected chi connectivity index (χ4v) is 4.74. The van der Waals surface area contributed by atoms with E-state index in [1.165, 1.54) is 19.2 Å². The number of ether oxygens (including phenoxy) is 1. The van der Waals surface area contributed by atoms with Gasteiger partial charge in [0, 0.05) is 34.9 Å². The number of halogens is 2. The van der Waals surface area contributed by atoms with E-state index in [0.29, 0.717) is 29.0 Å². The summed E-state index contributed by atoms with van der Waals surface area (Å²) >= 11 is 0. The number of carbonyl (C=O) groups excluding carboxylic acids is 2. The van der Waals surface area contributed by atoms with Crippen molar-refractivity contribution >= 4 is 17.4 Å². The molecule has 6 nitrogen and oxygen atoms in total. The largest absolute Gasteiger partial charge is 0.504 e. The van der Waals surface area contributed by atoms with E-state index in [2.05, 4.69) is 10.6 Å². The number of para-hydroxylation sites is 1. The molecule has 1 aliphatic heterocycles. The molecule has 8 heteroatoms. The van der Waals surface area contributed by atoms with Gasteiger partial charge in [-0.25, -0.2) is 8.78 Å². The Hall–Kier alpha value is -3.68. The maximum absolute atomic E-state index is 14.3. The Morgan fingerprint density at radius 1 is 1.18 bits per heavy atom. The van der Waals surface area contributed by atoms with Gasteiger partial charge in [-0.15, -0.1) is 0 Å². The number of hydrogen-bond acceptors (Lipinski definition) is 5. The highest BCUT2D eigenvalue weighted by atomic mass is 19.1. The molecule has 0 radical (unpaired) electrons. The van der Waals surface area contributed by atoms with Crippen LogP contribution in [-0.2, 0) is 9.59 Å². The van der Waals surface area contributed by atoms with Crippen LogP contribution in [0.4, 0.5) is 14.5 Å². The lowest BCUT2D eigenvalue weighted by atomic mass is 9.68. The van der Waals surface area contributed by atoms with Crippen molar-refractivity contribution in [3.8, 4) is 11.5 Å². The SMILES string of the molecule is COc1cc(C2C(C(=O)Nc3c(F)cccc3F)=C(C)NC3=C2C(=O)CC(C)(C)C3)ccc1O. The minimum Gasteiger partial charge on any atom is -0.504 e. The van der Waals surface area contributed by atoms with E-state index in [-0.39, 0.29) is 34.7 Å². The Morgan fingerprint density at radius 2 is 1.85 bits per heavy atom. The summed E-state index contributed by atoms with van der Waals surface area (Å²) in [6.45, 7) is 5.68. The fraction of sp³-hybridized carbons (Fsp3) is 0.308. The summed E-state index contributed by atoms with van der Waals surface area (Å²) in [5.41, 5.74) is 1.47. The number of aromatic hydroxyl groups is 1. The second-order valence-corrected chi connectivity index (χ2v) is 9.41. The van der Waals surface area contributed by atoms with Crippen molar-refractivity contribution in [3.63, 3.8) is 0 Å². The number of allylic oxidation sites excluding steroid dienone is 3. The molecular weight excluding hydrogens is 442 g/mol. The molecule has 1 heterocycles. The lowest BCUT2D eigenvalue weighted by molar-refractivity contribution is -0.118. The average molecular weight is 469 g/mol. The molecule has 1 amide bonds. The highest BCUT2D eigenvalue weighted by Crippen LogP contribution is 2.47. The second-order valence-electron chi connectivity index (χ2n) is 9.41. The summed E-state index contributed by atoms with van der Waals surface area (Å²) in [7, 11) is 1.40. The predicted octanol–water partition coefficient (Wildman–Crippen LogP) is 4.92. The van der Waals surface area contributed by atoms with Crippen LogP contribution in [0.1, 0.15) is 45.1 Å². The van der Waals surface area contributed by atoms with Gasteiger partial charge in [0.2, 0.25) is 0 Å². The first kappa shape index (κ1) is 23.5. The first-order chi connectivity index (χ1) is 16.0. The van der Waals surface area contributed by atoms with Crippen molar-refractivity contribution in [1.82, 2.24) is 5.32 Å². The number of rotatable bonds is 4. The number of phenols is 1. The van der Waals surface area contributed by atoms with Crippen LogP contribution in [-0.4, -0.2) is 23.9 Å². The molecule has 0 aromatic heterocycles. The van der Waals surface area contributed by atoms with E-state index in [0.717, 1.165) is 12.1 Å². The van der Waals surface area contributed by atoms with Crippen LogP contribution in [0.15, 0.2) is 58.9 Å². The first-order valence-electron chi connectivity index (χ1n) is 10.9. The number of anilines is 1. The molecule has 0 bridgehead atoms. The van der Waals surface area contributed by atoms with E-state index >= 15 is 0 Å². The normalized spacial score (nSPS) is 19.5. The molecule has 2 aliphatic rings. The standard InChI is InChI=1S/C26H26F2N2O4/c1-13-21(25(33)30-24-15(27)6-5-7-16(24)28)22(14-8-9-18(31)20(10-14)34-4)23-17(29-13)11-26(2,3)12-19(23)32/h5-10,22,29,31H,11-12H2,1-4H3,(H,30,33). The van der Waals surface area contributed by atoms with Gasteiger partial charge in [0.1, 0.15) is 17.3 Å². The quantitative estimate of drug-likeness (QED) is 0.593. The highest BCUT2D eigenvalue weighted by molar-refractivity contribution is 6.10. The summed E-state index contributed by atoms with van der Waals surface area (Å²) in [5, 5.41) is 15.6. The molecule has 2 aromatic rings. The lowest BCUT2D eigenvalue weighted by Crippen LogP contribution is -2.39. The first-order valence-corrected chi connectivity index (χ1v) is 10.9. The maximum Gasteiger partial charge on any atom is 0.254 e. The van der Waals surface area contributed by atoms with Gasteiger partial charge in [-0.05, 0) is 48.6 Å². The third-order valence-corrected chi connectivity index (χ3v) is 6.22. The molecule has 4 rings (SSSR count). The molecule has 0 spiro atoms. The van der Waals surface area contributed by atoms with Gasteiger partial charge >= 0.3 is 0 Å². The molecule has 2 aromatic carbocycles. The van der Waals surface area contributed by atoms with Crippen LogP contribution in [0, 0.1) is 17.0 Å². The predicted molar refractivity (Wildman–Crippen MR) is 123 cm³/mol. The number of hydrogen-bond donors (Lipinski definition) is 3. The van der Waals surface area contributed by atoms with Crippen LogP contribution >= 0.6 is 0 Å². The highest BCUT2D eigenvalue weighted by Gasteiger charge is 2.43. The minimum atomic E-state index is -0.909. The Labute approximate surface area is 196 Å². The van der Waals surface area contributed by atoms with Crippen LogP contribution in [0.3, 0.4) is 0 Å². The van der Waals surface area contributed by atoms with Crippen molar-refractivity contribution in [2.45, 2.75) is 39.5 Å². The number of methoxy groups -OCH3 is 1. The van der Waals surface area contributed by atoms with E-state index in [4.69, 9.17) is 4.74 Å². The number of benzene rings is 2. The van der Waals surface area contributed by atoms with Crippen LogP contribution in [0.25, 0.3) is 0 Å². The van der Waals surface area contributed by atoms with Crippen LogP contribution in [0.2, 0.25) is 0 Å². The van der Waals surface area contributed by atoms with Crippen molar-refractivity contribution in [1.29, 1.82) is 0 Å². The zero-order valence-corrected chi connectivity index (χ0v) is 19.4. The van der Waals surface area contributed by atoms with Crippen molar-refractivity contribution < 1.29 is 28.2 Å². The Morgan fingerprint density at radius 3 is 2.50 bits per heavy atom. The van der Waals surface area contributed by atoms with Gasteiger partial charge in [-0.3, -0.25) is 9.59 Å². The summed E-state index contributed by atoms with van der Waals surface area (Å²) in [5.74, 6) is -3.41. The molecule has 0 saturated carbocycles. The van der Waals surface area contributed by atoms with Gasteiger partial charge in [0.15, 0.2) is 17.3 Å². The summed E-state index contributed by atoms with van der Waals surface area (Å²) < 4.78 is 33.8. The number of ketones is 1. The second kappa shape index (κ2) is 8.59. The molecule has 1 aliphatic carbocycles. The third-order valence-electron chi connectivity index (χ3n) is 6.22. The lowest BCUT2D eigenvalue weighted by Gasteiger charge is -2.39. The molecule has 1 atom stereocenters. The molecule has 1 unspecified atom stereocenters. The average Bonchev–Trinajstić information content (AvgIpc) is 2.74. The van der Waals surface area contributed by atoms with Crippen LogP contribution < -0.4 is 15.4 Å².